The maximum absolute atomic E-state index is 4.28. The average molecular weight is 221 g/mol. The van der Waals surface area contributed by atoms with Crippen LogP contribution in [0.25, 0.3) is 0 Å². The molecule has 1 aliphatic heterocycles. The molecule has 0 unspecified atom stereocenters. The molecule has 0 bridgehead atoms. The molecule has 1 N–H and O–H groups in total. The number of nitrogens with one attached hydrogen (secondary N) is 1. The summed E-state index contributed by atoms with van der Waals surface area (Å²) in [6.45, 7) is 7.16. The van der Waals surface area contributed by atoms with Crippen molar-refractivity contribution in [2.24, 2.45) is 0 Å². The largest absolute Gasteiger partial charge is 0.372 e. The molecule has 0 saturated carbocycles. The third kappa shape index (κ3) is 2.24. The Morgan fingerprint density at radius 2 is 2.19 bits per heavy atom. The van der Waals surface area contributed by atoms with Gasteiger partial charge in [-0.2, -0.15) is 5.10 Å². The zero-order valence-corrected chi connectivity index (χ0v) is 9.98. The first kappa shape index (κ1) is 11.1. The smallest absolute Gasteiger partial charge is 0.174 e. The molecule has 0 amide bonds. The first-order chi connectivity index (χ1) is 7.83. The van der Waals surface area contributed by atoms with Crippen LogP contribution in [0.15, 0.2) is 12.3 Å². The van der Waals surface area contributed by atoms with Crippen molar-refractivity contribution >= 4 is 11.5 Å². The number of rotatable bonds is 3. The number of aromatic nitrogens is 2. The molecule has 0 aromatic carbocycles. The van der Waals surface area contributed by atoms with E-state index in [2.05, 4.69) is 39.3 Å². The van der Waals surface area contributed by atoms with Crippen LogP contribution in [0.3, 0.4) is 0 Å². The van der Waals surface area contributed by atoms with E-state index in [1.54, 1.807) is 6.20 Å². The maximum Gasteiger partial charge on any atom is 0.174 e. The maximum atomic E-state index is 4.28. The summed E-state index contributed by atoms with van der Waals surface area (Å²) in [4.78, 5) is 4.50. The quantitative estimate of drug-likeness (QED) is 0.797. The van der Waals surface area contributed by atoms with Crippen LogP contribution in [0.2, 0.25) is 0 Å². The van der Waals surface area contributed by atoms with Gasteiger partial charge < -0.3 is 15.1 Å². The van der Waals surface area contributed by atoms with Gasteiger partial charge in [0.15, 0.2) is 5.82 Å². The monoisotopic (exact) mass is 221 g/mol. The lowest BCUT2D eigenvalue weighted by molar-refractivity contribution is 0.582. The van der Waals surface area contributed by atoms with E-state index in [1.807, 2.05) is 6.07 Å². The van der Waals surface area contributed by atoms with E-state index < -0.39 is 0 Å². The van der Waals surface area contributed by atoms with Gasteiger partial charge in [-0.05, 0) is 13.0 Å². The Morgan fingerprint density at radius 3 is 2.88 bits per heavy atom. The fourth-order valence-electron chi connectivity index (χ4n) is 1.89. The van der Waals surface area contributed by atoms with Crippen LogP contribution < -0.4 is 15.1 Å². The Morgan fingerprint density at radius 1 is 1.44 bits per heavy atom. The van der Waals surface area contributed by atoms with Crippen LogP contribution in [-0.4, -0.2) is 50.0 Å². The third-order valence-corrected chi connectivity index (χ3v) is 2.98. The molecule has 1 aliphatic rings. The molecule has 2 rings (SSSR count). The summed E-state index contributed by atoms with van der Waals surface area (Å²) in [5.41, 5.74) is 1.17. The van der Waals surface area contributed by atoms with E-state index in [0.29, 0.717) is 0 Å². The zero-order chi connectivity index (χ0) is 11.4. The Kier molecular flexibility index (Phi) is 3.56. The molecular formula is C11H19N5. The van der Waals surface area contributed by atoms with Gasteiger partial charge in [-0.15, -0.1) is 5.10 Å². The molecule has 5 nitrogen and oxygen atoms in total. The fourth-order valence-corrected chi connectivity index (χ4v) is 1.89. The number of nitrogens with zero attached hydrogens (tertiary/aromatic N) is 4. The van der Waals surface area contributed by atoms with Crippen molar-refractivity contribution < 1.29 is 0 Å². The molecule has 1 saturated heterocycles. The molecule has 0 radical (unpaired) electrons. The van der Waals surface area contributed by atoms with Crippen LogP contribution >= 0.6 is 0 Å². The van der Waals surface area contributed by atoms with Crippen LogP contribution in [0.1, 0.15) is 6.92 Å². The molecule has 0 spiro atoms. The van der Waals surface area contributed by atoms with Crippen molar-refractivity contribution in [2.75, 3.05) is 49.6 Å². The number of hydrogen-bond acceptors (Lipinski definition) is 5. The summed E-state index contributed by atoms with van der Waals surface area (Å²) in [6, 6.07) is 2.04. The van der Waals surface area contributed by atoms with Crippen molar-refractivity contribution in [1.29, 1.82) is 0 Å². The van der Waals surface area contributed by atoms with E-state index in [-0.39, 0.29) is 0 Å². The van der Waals surface area contributed by atoms with E-state index >= 15 is 0 Å². The summed E-state index contributed by atoms with van der Waals surface area (Å²) in [7, 11) is 2.09. The first-order valence-corrected chi connectivity index (χ1v) is 5.81. The highest BCUT2D eigenvalue weighted by Gasteiger charge is 2.17. The van der Waals surface area contributed by atoms with Gasteiger partial charge >= 0.3 is 0 Å². The van der Waals surface area contributed by atoms with Crippen LogP contribution in [0.5, 0.6) is 0 Å². The second-order valence-corrected chi connectivity index (χ2v) is 3.99. The average Bonchev–Trinajstić information content (AvgIpc) is 2.39. The minimum absolute atomic E-state index is 0.977. The van der Waals surface area contributed by atoms with E-state index in [0.717, 1.165) is 38.5 Å². The van der Waals surface area contributed by atoms with E-state index in [9.17, 15) is 0 Å². The van der Waals surface area contributed by atoms with Gasteiger partial charge in [0.2, 0.25) is 0 Å². The SMILES string of the molecule is CCN(C)c1ccnnc1N1CCNCC1. The molecule has 1 aromatic heterocycles. The van der Waals surface area contributed by atoms with E-state index in [1.165, 1.54) is 5.69 Å². The third-order valence-electron chi connectivity index (χ3n) is 2.98. The summed E-state index contributed by atoms with van der Waals surface area (Å²) in [5.74, 6) is 1.01. The predicted octanol–water partition coefficient (Wildman–Crippen LogP) is 0.342. The van der Waals surface area contributed by atoms with E-state index in [4.69, 9.17) is 0 Å². The molecule has 1 fully saturated rings. The summed E-state index contributed by atoms with van der Waals surface area (Å²) < 4.78 is 0. The Labute approximate surface area is 96.5 Å². The highest BCUT2D eigenvalue weighted by molar-refractivity contribution is 5.66. The van der Waals surface area contributed by atoms with Crippen LogP contribution in [0.4, 0.5) is 11.5 Å². The summed E-state index contributed by atoms with van der Waals surface area (Å²) in [6.07, 6.45) is 1.76. The molecule has 5 heteroatoms. The number of piperazine rings is 1. The standard InChI is InChI=1S/C11H19N5/c1-3-15(2)10-4-5-13-14-11(10)16-8-6-12-7-9-16/h4-5,12H,3,6-9H2,1-2H3. The van der Waals surface area contributed by atoms with Crippen LogP contribution in [0, 0.1) is 0 Å². The van der Waals surface area contributed by atoms with Crippen molar-refractivity contribution in [2.45, 2.75) is 6.92 Å². The highest BCUT2D eigenvalue weighted by atomic mass is 15.3. The van der Waals surface area contributed by atoms with Crippen molar-refractivity contribution in [3.05, 3.63) is 12.3 Å². The second-order valence-electron chi connectivity index (χ2n) is 3.99. The van der Waals surface area contributed by atoms with Crippen molar-refractivity contribution in [3.8, 4) is 0 Å². The Balaban J connectivity index is 2.24. The molecule has 2 heterocycles. The predicted molar refractivity (Wildman–Crippen MR) is 66.1 cm³/mol. The lowest BCUT2D eigenvalue weighted by atomic mass is 10.3. The normalized spacial score (nSPS) is 16.2. The molecule has 16 heavy (non-hydrogen) atoms. The van der Waals surface area contributed by atoms with Crippen molar-refractivity contribution in [1.82, 2.24) is 15.5 Å². The van der Waals surface area contributed by atoms with Gasteiger partial charge in [0, 0.05) is 39.8 Å². The fraction of sp³-hybridized carbons (Fsp3) is 0.636. The first-order valence-electron chi connectivity index (χ1n) is 5.81. The lowest BCUT2D eigenvalue weighted by Gasteiger charge is -2.31. The topological polar surface area (TPSA) is 44.3 Å². The molecule has 0 aliphatic carbocycles. The van der Waals surface area contributed by atoms with Gasteiger partial charge in [-0.25, -0.2) is 0 Å². The molecule has 1 aromatic rings. The van der Waals surface area contributed by atoms with Crippen molar-refractivity contribution in [3.63, 3.8) is 0 Å². The number of hydrogen-bond donors (Lipinski definition) is 1. The molecule has 0 atom stereocenters. The van der Waals surface area contributed by atoms with Gasteiger partial charge in [-0.1, -0.05) is 0 Å². The minimum Gasteiger partial charge on any atom is -0.372 e. The minimum atomic E-state index is 0.977. The number of anilines is 2. The molecular weight excluding hydrogens is 202 g/mol. The Bertz CT molecular complexity index is 335. The summed E-state index contributed by atoms with van der Waals surface area (Å²) in [5, 5.41) is 11.6. The van der Waals surface area contributed by atoms with Crippen LogP contribution in [-0.2, 0) is 0 Å². The Hall–Kier alpha value is -1.36. The highest BCUT2D eigenvalue weighted by Crippen LogP contribution is 2.24. The summed E-state index contributed by atoms with van der Waals surface area (Å²) >= 11 is 0. The molecule has 88 valence electrons. The second kappa shape index (κ2) is 5.12. The lowest BCUT2D eigenvalue weighted by Crippen LogP contribution is -2.44. The van der Waals surface area contributed by atoms with Gasteiger partial charge in [0.25, 0.3) is 0 Å². The van der Waals surface area contributed by atoms with Gasteiger partial charge in [0.1, 0.15) is 0 Å². The zero-order valence-electron chi connectivity index (χ0n) is 9.98. The van der Waals surface area contributed by atoms with Gasteiger partial charge in [-0.3, -0.25) is 0 Å². The van der Waals surface area contributed by atoms with Gasteiger partial charge in [0.05, 0.1) is 11.9 Å².